The van der Waals surface area contributed by atoms with Crippen LogP contribution in [-0.4, -0.2) is 24.4 Å². The third-order valence-corrected chi connectivity index (χ3v) is 4.67. The molecule has 0 N–H and O–H groups in total. The van der Waals surface area contributed by atoms with Gasteiger partial charge in [-0.2, -0.15) is 0 Å². The minimum Gasteiger partial charge on any atom is -0.485 e. The van der Waals surface area contributed by atoms with E-state index < -0.39 is 4.92 Å². The van der Waals surface area contributed by atoms with Crippen molar-refractivity contribution >= 4 is 17.2 Å². The van der Waals surface area contributed by atoms with Gasteiger partial charge in [0.25, 0.3) is 5.69 Å². The zero-order valence-corrected chi connectivity index (χ0v) is 14.9. The molecule has 1 aliphatic heterocycles. The Balaban J connectivity index is 1.72. The maximum atomic E-state index is 12.4. The van der Waals surface area contributed by atoms with Crippen LogP contribution in [0.1, 0.15) is 19.4 Å². The first-order chi connectivity index (χ1) is 12.3. The Kier molecular flexibility index (Phi) is 4.50. The molecule has 0 amide bonds. The van der Waals surface area contributed by atoms with Crippen LogP contribution < -0.4 is 9.64 Å². The van der Waals surface area contributed by atoms with Crippen LogP contribution in [0, 0.1) is 10.1 Å². The Morgan fingerprint density at radius 3 is 2.46 bits per heavy atom. The van der Waals surface area contributed by atoms with E-state index in [1.807, 2.05) is 30.1 Å². The lowest BCUT2D eigenvalue weighted by atomic mass is 9.83. The Morgan fingerprint density at radius 1 is 1.19 bits per heavy atom. The summed E-state index contributed by atoms with van der Waals surface area (Å²) in [5, 5.41) is 10.7. The average molecular weight is 352 g/mol. The van der Waals surface area contributed by atoms with E-state index in [0.717, 1.165) is 11.4 Å². The van der Waals surface area contributed by atoms with Crippen LogP contribution >= 0.6 is 0 Å². The normalized spacial score (nSPS) is 16.4. The Labute approximate surface area is 151 Å². The topological polar surface area (TPSA) is 72.7 Å². The molecule has 0 unspecified atom stereocenters. The number of ketones is 1. The molecule has 1 aliphatic rings. The van der Waals surface area contributed by atoms with Crippen molar-refractivity contribution in [2.24, 2.45) is 0 Å². The molecule has 134 valence electrons. The molecule has 0 fully saturated rings. The number of nitrogens with zero attached hydrogens (tertiary/aromatic N) is 2. The number of carbonyl (C=O) groups is 1. The minimum atomic E-state index is -0.477. The lowest BCUT2D eigenvalue weighted by molar-refractivity contribution is -0.384. The second-order valence-corrected chi connectivity index (χ2v) is 6.74. The largest absolute Gasteiger partial charge is 0.485 e. The van der Waals surface area contributed by atoms with Crippen LogP contribution in [0.3, 0.4) is 0 Å². The van der Waals surface area contributed by atoms with E-state index in [0.29, 0.717) is 5.75 Å². The lowest BCUT2D eigenvalue weighted by Gasteiger charge is -2.23. The number of ether oxygens (including phenoxy) is 1. The molecule has 26 heavy (non-hydrogen) atoms. The van der Waals surface area contributed by atoms with Gasteiger partial charge in [-0.3, -0.25) is 14.9 Å². The minimum absolute atomic E-state index is 0.0158. The van der Waals surface area contributed by atoms with Gasteiger partial charge in [0.05, 0.1) is 4.92 Å². The third-order valence-electron chi connectivity index (χ3n) is 4.67. The summed E-state index contributed by atoms with van der Waals surface area (Å²) in [6.45, 7) is 4.05. The molecule has 2 aromatic rings. The van der Waals surface area contributed by atoms with Crippen LogP contribution in [0.2, 0.25) is 0 Å². The number of benzene rings is 2. The SMILES string of the molecule is CN1/C(=C/C(=O)COc2ccc([N+](=O)[O-])cc2)C(C)(C)c2ccccc21. The highest BCUT2D eigenvalue weighted by molar-refractivity contribution is 5.93. The number of hydrogen-bond donors (Lipinski definition) is 0. The summed E-state index contributed by atoms with van der Waals surface area (Å²) < 4.78 is 5.46. The van der Waals surface area contributed by atoms with Gasteiger partial charge in [-0.25, -0.2) is 0 Å². The molecule has 0 radical (unpaired) electrons. The quantitative estimate of drug-likeness (QED) is 0.464. The number of para-hydroxylation sites is 1. The van der Waals surface area contributed by atoms with Gasteiger partial charge in [0.2, 0.25) is 0 Å². The molecule has 2 aromatic carbocycles. The number of fused-ring (bicyclic) bond motifs is 1. The summed E-state index contributed by atoms with van der Waals surface area (Å²) in [5.41, 5.74) is 2.90. The highest BCUT2D eigenvalue weighted by Gasteiger charge is 2.38. The lowest BCUT2D eigenvalue weighted by Crippen LogP contribution is -2.25. The van der Waals surface area contributed by atoms with Crippen molar-refractivity contribution in [1.82, 2.24) is 0 Å². The van der Waals surface area contributed by atoms with Crippen molar-refractivity contribution < 1.29 is 14.5 Å². The molecule has 0 aliphatic carbocycles. The fourth-order valence-electron chi connectivity index (χ4n) is 3.27. The van der Waals surface area contributed by atoms with Gasteiger partial charge < -0.3 is 9.64 Å². The van der Waals surface area contributed by atoms with Gasteiger partial charge in [-0.15, -0.1) is 0 Å². The third kappa shape index (κ3) is 3.18. The van der Waals surface area contributed by atoms with Crippen molar-refractivity contribution in [2.45, 2.75) is 19.3 Å². The van der Waals surface area contributed by atoms with Gasteiger partial charge >= 0.3 is 0 Å². The van der Waals surface area contributed by atoms with Gasteiger partial charge in [0, 0.05) is 42.1 Å². The van der Waals surface area contributed by atoms with Gasteiger partial charge in [-0.05, 0) is 23.8 Å². The zero-order valence-electron chi connectivity index (χ0n) is 14.9. The van der Waals surface area contributed by atoms with Crippen molar-refractivity contribution in [3.8, 4) is 5.75 Å². The van der Waals surface area contributed by atoms with E-state index >= 15 is 0 Å². The van der Waals surface area contributed by atoms with Crippen molar-refractivity contribution in [2.75, 3.05) is 18.6 Å². The highest BCUT2D eigenvalue weighted by atomic mass is 16.6. The summed E-state index contributed by atoms with van der Waals surface area (Å²) in [7, 11) is 1.95. The molecule has 1 heterocycles. The maximum absolute atomic E-state index is 12.4. The number of anilines is 1. The zero-order chi connectivity index (χ0) is 18.9. The van der Waals surface area contributed by atoms with Gasteiger partial charge in [0.15, 0.2) is 12.4 Å². The molecule has 6 heteroatoms. The number of nitro groups is 1. The van der Waals surface area contributed by atoms with Crippen molar-refractivity contribution in [3.63, 3.8) is 0 Å². The number of hydrogen-bond acceptors (Lipinski definition) is 5. The van der Waals surface area contributed by atoms with E-state index in [4.69, 9.17) is 4.74 Å². The van der Waals surface area contributed by atoms with Crippen LogP contribution in [-0.2, 0) is 10.2 Å². The number of allylic oxidation sites excluding steroid dienone is 1. The summed E-state index contributed by atoms with van der Waals surface area (Å²) in [6, 6.07) is 13.8. The van der Waals surface area contributed by atoms with Crippen LogP contribution in [0.4, 0.5) is 11.4 Å². The molecule has 0 bridgehead atoms. The number of carbonyl (C=O) groups excluding carboxylic acids is 1. The highest BCUT2D eigenvalue weighted by Crippen LogP contribution is 2.46. The smallest absolute Gasteiger partial charge is 0.269 e. The molecule has 3 rings (SSSR count). The number of non-ortho nitro benzene ring substituents is 1. The molecule has 0 spiro atoms. The first kappa shape index (κ1) is 17.7. The average Bonchev–Trinajstić information content (AvgIpc) is 2.81. The molecule has 6 nitrogen and oxygen atoms in total. The van der Waals surface area contributed by atoms with Crippen LogP contribution in [0.25, 0.3) is 0 Å². The predicted octanol–water partition coefficient (Wildman–Crippen LogP) is 3.85. The number of rotatable bonds is 5. The summed E-state index contributed by atoms with van der Waals surface area (Å²) >= 11 is 0. The van der Waals surface area contributed by atoms with Crippen molar-refractivity contribution in [1.29, 1.82) is 0 Å². The number of nitro benzene ring substituents is 1. The van der Waals surface area contributed by atoms with E-state index in [-0.39, 0.29) is 23.5 Å². The second-order valence-electron chi connectivity index (χ2n) is 6.74. The van der Waals surface area contributed by atoms with E-state index in [2.05, 4.69) is 19.9 Å². The Hall–Kier alpha value is -3.15. The van der Waals surface area contributed by atoms with E-state index in [9.17, 15) is 14.9 Å². The van der Waals surface area contributed by atoms with Crippen LogP contribution in [0.15, 0.2) is 60.3 Å². The summed E-state index contributed by atoms with van der Waals surface area (Å²) in [6.07, 6.45) is 1.62. The Bertz CT molecular complexity index is 885. The standard InChI is InChI=1S/C20H20N2O4/c1-20(2)17-6-4-5-7-18(17)21(3)19(20)12-15(23)13-26-16-10-8-14(9-11-16)22(24)25/h4-12H,13H2,1-3H3/b19-12+. The van der Waals surface area contributed by atoms with Crippen molar-refractivity contribution in [3.05, 3.63) is 76.0 Å². The Morgan fingerprint density at radius 2 is 1.85 bits per heavy atom. The van der Waals surface area contributed by atoms with E-state index in [1.165, 1.54) is 29.8 Å². The first-order valence-electron chi connectivity index (χ1n) is 8.26. The monoisotopic (exact) mass is 352 g/mol. The molecule has 0 aromatic heterocycles. The predicted molar refractivity (Wildman–Crippen MR) is 99.6 cm³/mol. The fraction of sp³-hybridized carbons (Fsp3) is 0.250. The molecule has 0 saturated heterocycles. The van der Waals surface area contributed by atoms with Gasteiger partial charge in [-0.1, -0.05) is 32.0 Å². The molecule has 0 atom stereocenters. The summed E-state index contributed by atoms with van der Waals surface area (Å²) in [5.74, 6) is 0.260. The molecular formula is C20H20N2O4. The van der Waals surface area contributed by atoms with E-state index in [1.54, 1.807) is 6.08 Å². The first-order valence-corrected chi connectivity index (χ1v) is 8.26. The molecular weight excluding hydrogens is 332 g/mol. The molecule has 0 saturated carbocycles. The van der Waals surface area contributed by atoms with Gasteiger partial charge in [0.1, 0.15) is 5.75 Å². The second kappa shape index (κ2) is 6.63. The summed E-state index contributed by atoms with van der Waals surface area (Å²) in [4.78, 5) is 24.6. The van der Waals surface area contributed by atoms with Crippen LogP contribution in [0.5, 0.6) is 5.75 Å². The fourth-order valence-corrected chi connectivity index (χ4v) is 3.27. The maximum Gasteiger partial charge on any atom is 0.269 e. The number of likely N-dealkylation sites (N-methyl/N-ethyl adjacent to an activating group) is 1.